The molecule has 0 saturated heterocycles. The summed E-state index contributed by atoms with van der Waals surface area (Å²) in [5.41, 5.74) is 0. The zero-order chi connectivity index (χ0) is 10.4. The molecular weight excluding hydrogens is 196 g/mol. The number of halogens is 1. The molecule has 0 N–H and O–H groups in total. The molecule has 0 spiro atoms. The van der Waals surface area contributed by atoms with Gasteiger partial charge >= 0.3 is 0 Å². The lowest BCUT2D eigenvalue weighted by atomic mass is 9.78. The summed E-state index contributed by atoms with van der Waals surface area (Å²) in [6, 6.07) is 0. The van der Waals surface area contributed by atoms with E-state index in [1.54, 1.807) is 0 Å². The summed E-state index contributed by atoms with van der Waals surface area (Å²) in [7, 11) is 0. The van der Waals surface area contributed by atoms with E-state index in [1.807, 2.05) is 6.08 Å². The van der Waals surface area contributed by atoms with Crippen LogP contribution in [0.1, 0.15) is 38.5 Å². The zero-order valence-corrected chi connectivity index (χ0v) is 9.43. The van der Waals surface area contributed by atoms with Gasteiger partial charge in [-0.15, -0.1) is 18.2 Å². The summed E-state index contributed by atoms with van der Waals surface area (Å²) in [5, 5.41) is 0. The van der Waals surface area contributed by atoms with E-state index in [4.69, 9.17) is 11.6 Å². The average molecular weight is 215 g/mol. The van der Waals surface area contributed by atoms with E-state index in [2.05, 4.69) is 6.58 Å². The van der Waals surface area contributed by atoms with Crippen molar-refractivity contribution in [2.75, 3.05) is 5.88 Å². The molecule has 0 aromatic carbocycles. The van der Waals surface area contributed by atoms with Crippen LogP contribution in [0.3, 0.4) is 0 Å². The first-order chi connectivity index (χ1) is 6.77. The van der Waals surface area contributed by atoms with Crippen molar-refractivity contribution in [3.8, 4) is 0 Å². The van der Waals surface area contributed by atoms with Crippen LogP contribution in [-0.2, 0) is 4.79 Å². The molecule has 1 aliphatic rings. The predicted molar refractivity (Wildman–Crippen MR) is 60.6 cm³/mol. The first-order valence-corrected chi connectivity index (χ1v) is 6.01. The molecule has 2 heteroatoms. The molecule has 0 aromatic rings. The molecule has 80 valence electrons. The summed E-state index contributed by atoms with van der Waals surface area (Å²) in [4.78, 5) is 11.2. The number of ketones is 1. The van der Waals surface area contributed by atoms with Crippen molar-refractivity contribution in [2.24, 2.45) is 11.8 Å². The summed E-state index contributed by atoms with van der Waals surface area (Å²) < 4.78 is 0. The van der Waals surface area contributed by atoms with Gasteiger partial charge in [0, 0.05) is 6.42 Å². The molecule has 1 aliphatic carbocycles. The lowest BCUT2D eigenvalue weighted by molar-refractivity contribution is -0.117. The zero-order valence-electron chi connectivity index (χ0n) is 8.68. The minimum atomic E-state index is 0.150. The van der Waals surface area contributed by atoms with Crippen LogP contribution in [0.5, 0.6) is 0 Å². The molecule has 0 bridgehead atoms. The smallest absolute Gasteiger partial charge is 0.148 e. The third kappa shape index (κ3) is 3.45. The van der Waals surface area contributed by atoms with Gasteiger partial charge < -0.3 is 0 Å². The van der Waals surface area contributed by atoms with E-state index in [9.17, 15) is 4.79 Å². The minimum Gasteiger partial charge on any atom is -0.298 e. The highest BCUT2D eigenvalue weighted by atomic mass is 35.5. The number of allylic oxidation sites excluding steroid dienone is 1. The molecule has 14 heavy (non-hydrogen) atoms. The van der Waals surface area contributed by atoms with Gasteiger partial charge in [0.15, 0.2) is 0 Å². The fraction of sp³-hybridized carbons (Fsp3) is 0.750. The van der Waals surface area contributed by atoms with E-state index in [1.165, 1.54) is 32.1 Å². The Kier molecular flexibility index (Phi) is 5.24. The Labute approximate surface area is 91.5 Å². The van der Waals surface area contributed by atoms with Crippen molar-refractivity contribution in [2.45, 2.75) is 38.5 Å². The Balaban J connectivity index is 2.43. The molecular formula is C12H19ClO. The topological polar surface area (TPSA) is 17.1 Å². The van der Waals surface area contributed by atoms with Gasteiger partial charge in [0.25, 0.3) is 0 Å². The fourth-order valence-corrected chi connectivity index (χ4v) is 2.43. The number of alkyl halides is 1. The van der Waals surface area contributed by atoms with Crippen LogP contribution in [0.15, 0.2) is 12.7 Å². The Bertz CT molecular complexity index is 194. The quantitative estimate of drug-likeness (QED) is 0.505. The standard InChI is InChI=1S/C12H19ClO/c1-2-10(8-12(14)9-13)11-6-4-3-5-7-11/h2,10-11H,1,3-9H2. The highest BCUT2D eigenvalue weighted by Gasteiger charge is 2.22. The predicted octanol–water partition coefficient (Wildman–Crippen LogP) is 3.57. The van der Waals surface area contributed by atoms with E-state index in [0.717, 1.165) is 0 Å². The molecule has 1 saturated carbocycles. The van der Waals surface area contributed by atoms with Gasteiger partial charge in [-0.1, -0.05) is 25.3 Å². The summed E-state index contributed by atoms with van der Waals surface area (Å²) >= 11 is 5.51. The Morgan fingerprint density at radius 3 is 2.57 bits per heavy atom. The maximum atomic E-state index is 11.2. The van der Waals surface area contributed by atoms with Gasteiger partial charge in [-0.05, 0) is 24.7 Å². The third-order valence-corrected chi connectivity index (χ3v) is 3.47. The van der Waals surface area contributed by atoms with Crippen LogP contribution in [0.2, 0.25) is 0 Å². The first kappa shape index (κ1) is 11.8. The lowest BCUT2D eigenvalue weighted by Crippen LogP contribution is -2.19. The van der Waals surface area contributed by atoms with E-state index in [-0.39, 0.29) is 11.7 Å². The molecule has 1 fully saturated rings. The van der Waals surface area contributed by atoms with Crippen LogP contribution in [0.4, 0.5) is 0 Å². The molecule has 0 aliphatic heterocycles. The molecule has 1 nitrogen and oxygen atoms in total. The van der Waals surface area contributed by atoms with Crippen LogP contribution in [0, 0.1) is 11.8 Å². The van der Waals surface area contributed by atoms with E-state index in [0.29, 0.717) is 18.3 Å². The Morgan fingerprint density at radius 2 is 2.07 bits per heavy atom. The highest BCUT2D eigenvalue weighted by Crippen LogP contribution is 2.32. The molecule has 1 rings (SSSR count). The summed E-state index contributed by atoms with van der Waals surface area (Å²) in [5.74, 6) is 1.34. The average Bonchev–Trinajstić information content (AvgIpc) is 2.26. The van der Waals surface area contributed by atoms with Gasteiger partial charge in [-0.3, -0.25) is 4.79 Å². The molecule has 0 amide bonds. The van der Waals surface area contributed by atoms with E-state index >= 15 is 0 Å². The largest absolute Gasteiger partial charge is 0.298 e. The Morgan fingerprint density at radius 1 is 1.43 bits per heavy atom. The van der Waals surface area contributed by atoms with Crippen molar-refractivity contribution in [1.82, 2.24) is 0 Å². The maximum absolute atomic E-state index is 11.2. The SMILES string of the molecule is C=CC(CC(=O)CCl)C1CCCCC1. The monoisotopic (exact) mass is 214 g/mol. The van der Waals surface area contributed by atoms with Gasteiger partial charge in [0.2, 0.25) is 0 Å². The number of hydrogen-bond acceptors (Lipinski definition) is 1. The number of rotatable bonds is 5. The summed E-state index contributed by atoms with van der Waals surface area (Å²) in [6.07, 6.45) is 9.02. The van der Waals surface area contributed by atoms with Crippen LogP contribution in [-0.4, -0.2) is 11.7 Å². The molecule has 1 atom stereocenters. The Hall–Kier alpha value is -0.300. The lowest BCUT2D eigenvalue weighted by Gasteiger charge is -2.27. The number of Topliss-reactive ketones (excluding diaryl/α,β-unsaturated/α-hetero) is 1. The molecule has 1 unspecified atom stereocenters. The van der Waals surface area contributed by atoms with Crippen molar-refractivity contribution < 1.29 is 4.79 Å². The molecule has 0 heterocycles. The van der Waals surface area contributed by atoms with Crippen LogP contribution < -0.4 is 0 Å². The van der Waals surface area contributed by atoms with Crippen molar-refractivity contribution >= 4 is 17.4 Å². The van der Waals surface area contributed by atoms with Crippen LogP contribution in [0.25, 0.3) is 0 Å². The number of carbonyl (C=O) groups is 1. The number of hydrogen-bond donors (Lipinski definition) is 0. The molecule has 0 aromatic heterocycles. The number of carbonyl (C=O) groups excluding carboxylic acids is 1. The first-order valence-electron chi connectivity index (χ1n) is 5.48. The van der Waals surface area contributed by atoms with Gasteiger partial charge in [0.05, 0.1) is 5.88 Å². The van der Waals surface area contributed by atoms with Crippen molar-refractivity contribution in [3.63, 3.8) is 0 Å². The third-order valence-electron chi connectivity index (χ3n) is 3.17. The van der Waals surface area contributed by atoms with Crippen LogP contribution >= 0.6 is 11.6 Å². The summed E-state index contributed by atoms with van der Waals surface area (Å²) in [6.45, 7) is 3.83. The van der Waals surface area contributed by atoms with Crippen molar-refractivity contribution in [1.29, 1.82) is 0 Å². The minimum absolute atomic E-state index is 0.150. The van der Waals surface area contributed by atoms with Gasteiger partial charge in [-0.25, -0.2) is 0 Å². The maximum Gasteiger partial charge on any atom is 0.148 e. The van der Waals surface area contributed by atoms with Gasteiger partial charge in [-0.2, -0.15) is 0 Å². The normalized spacial score (nSPS) is 20.4. The second-order valence-electron chi connectivity index (χ2n) is 4.17. The fourth-order valence-electron chi connectivity index (χ4n) is 2.32. The second-order valence-corrected chi connectivity index (χ2v) is 4.44. The molecule has 0 radical (unpaired) electrons. The van der Waals surface area contributed by atoms with E-state index < -0.39 is 0 Å². The van der Waals surface area contributed by atoms with Crippen molar-refractivity contribution in [3.05, 3.63) is 12.7 Å². The second kappa shape index (κ2) is 6.23. The van der Waals surface area contributed by atoms with Gasteiger partial charge in [0.1, 0.15) is 5.78 Å². The highest BCUT2D eigenvalue weighted by molar-refractivity contribution is 6.27.